The number of ether oxygens (including phenoxy) is 1. The maximum atomic E-state index is 13.4. The number of aryl methyl sites for hydroxylation is 2. The molecule has 7 nitrogen and oxygen atoms in total. The standard InChI is InChI=1S/C24H29N3O4S/c1-17-14-18(2)16-19(15-17)31-12-10-27-23(29)21(20-4-3-13-32-20)22(24(27)30)26-7-5-25(6-8-26)9-11-28/h3-4,13-16,28H,5-12H2,1-2H3. The van der Waals surface area contributed by atoms with Gasteiger partial charge in [0.2, 0.25) is 0 Å². The average molecular weight is 456 g/mol. The van der Waals surface area contributed by atoms with Crippen LogP contribution in [0.3, 0.4) is 0 Å². The summed E-state index contributed by atoms with van der Waals surface area (Å²) in [4.78, 5) is 33.0. The van der Waals surface area contributed by atoms with Crippen molar-refractivity contribution in [2.45, 2.75) is 13.8 Å². The Morgan fingerprint density at radius 2 is 1.72 bits per heavy atom. The molecule has 1 saturated heterocycles. The van der Waals surface area contributed by atoms with Gasteiger partial charge < -0.3 is 14.7 Å². The number of carbonyl (C=O) groups is 2. The Bertz CT molecular complexity index is 990. The lowest BCUT2D eigenvalue weighted by Gasteiger charge is -2.36. The van der Waals surface area contributed by atoms with Gasteiger partial charge in [0.05, 0.1) is 18.7 Å². The average Bonchev–Trinajstić information content (AvgIpc) is 3.36. The Morgan fingerprint density at radius 1 is 1.00 bits per heavy atom. The molecule has 2 aliphatic heterocycles. The zero-order chi connectivity index (χ0) is 22.7. The van der Waals surface area contributed by atoms with Gasteiger partial charge in [-0.2, -0.15) is 0 Å². The van der Waals surface area contributed by atoms with Crippen LogP contribution in [0.15, 0.2) is 41.4 Å². The van der Waals surface area contributed by atoms with E-state index in [0.717, 1.165) is 34.8 Å². The van der Waals surface area contributed by atoms with Crippen LogP contribution >= 0.6 is 11.3 Å². The summed E-state index contributed by atoms with van der Waals surface area (Å²) in [6, 6.07) is 9.76. The monoisotopic (exact) mass is 455 g/mol. The van der Waals surface area contributed by atoms with Crippen molar-refractivity contribution in [3.63, 3.8) is 0 Å². The summed E-state index contributed by atoms with van der Waals surface area (Å²) >= 11 is 1.47. The second-order valence-corrected chi connectivity index (χ2v) is 9.13. The number of β-amino-alcohol motifs (C(OH)–C–C–N with tert-alkyl or cyclic N) is 1. The topological polar surface area (TPSA) is 73.3 Å². The number of benzene rings is 1. The van der Waals surface area contributed by atoms with E-state index in [1.807, 2.05) is 48.4 Å². The van der Waals surface area contributed by atoms with Gasteiger partial charge in [-0.1, -0.05) is 12.1 Å². The molecule has 4 rings (SSSR count). The molecule has 32 heavy (non-hydrogen) atoms. The highest BCUT2D eigenvalue weighted by Gasteiger charge is 2.42. The number of carbonyl (C=O) groups excluding carboxylic acids is 2. The minimum Gasteiger partial charge on any atom is -0.492 e. The van der Waals surface area contributed by atoms with Crippen LogP contribution in [0, 0.1) is 13.8 Å². The van der Waals surface area contributed by atoms with E-state index in [-0.39, 0.29) is 31.6 Å². The molecule has 3 heterocycles. The molecule has 0 bridgehead atoms. The number of thiophene rings is 1. The molecular formula is C24H29N3O4S. The maximum Gasteiger partial charge on any atom is 0.278 e. The zero-order valence-electron chi connectivity index (χ0n) is 18.5. The normalized spacial score (nSPS) is 17.6. The second-order valence-electron chi connectivity index (χ2n) is 8.19. The van der Waals surface area contributed by atoms with E-state index in [9.17, 15) is 14.7 Å². The Morgan fingerprint density at radius 3 is 2.34 bits per heavy atom. The highest BCUT2D eigenvalue weighted by Crippen LogP contribution is 2.34. The predicted octanol–water partition coefficient (Wildman–Crippen LogP) is 2.13. The van der Waals surface area contributed by atoms with Crippen molar-refractivity contribution >= 4 is 28.7 Å². The van der Waals surface area contributed by atoms with Gasteiger partial charge in [-0.05, 0) is 48.6 Å². The lowest BCUT2D eigenvalue weighted by atomic mass is 10.1. The van der Waals surface area contributed by atoms with Crippen molar-refractivity contribution in [2.24, 2.45) is 0 Å². The van der Waals surface area contributed by atoms with Gasteiger partial charge in [0.15, 0.2) is 0 Å². The number of hydrogen-bond donors (Lipinski definition) is 1. The summed E-state index contributed by atoms with van der Waals surface area (Å²) in [5.41, 5.74) is 3.20. The van der Waals surface area contributed by atoms with Gasteiger partial charge in [-0.15, -0.1) is 11.3 Å². The number of nitrogens with zero attached hydrogens (tertiary/aromatic N) is 3. The molecule has 2 aliphatic rings. The maximum absolute atomic E-state index is 13.4. The molecule has 0 radical (unpaired) electrons. The molecule has 1 aromatic carbocycles. The number of imide groups is 1. The second kappa shape index (κ2) is 9.85. The third-order valence-corrected chi connectivity index (χ3v) is 6.68. The quantitative estimate of drug-likeness (QED) is 0.615. The molecule has 0 atom stereocenters. The van der Waals surface area contributed by atoms with Crippen molar-refractivity contribution in [1.29, 1.82) is 0 Å². The lowest BCUT2D eigenvalue weighted by Crippen LogP contribution is -2.48. The first-order chi connectivity index (χ1) is 15.5. The minimum atomic E-state index is -0.255. The number of aliphatic hydroxyl groups is 1. The summed E-state index contributed by atoms with van der Waals surface area (Å²) in [7, 11) is 0. The van der Waals surface area contributed by atoms with E-state index in [4.69, 9.17) is 4.74 Å². The van der Waals surface area contributed by atoms with Gasteiger partial charge in [0.1, 0.15) is 18.1 Å². The lowest BCUT2D eigenvalue weighted by molar-refractivity contribution is -0.138. The predicted molar refractivity (Wildman–Crippen MR) is 124 cm³/mol. The smallest absolute Gasteiger partial charge is 0.278 e. The number of piperazine rings is 1. The van der Waals surface area contributed by atoms with E-state index in [1.165, 1.54) is 16.2 Å². The first-order valence-corrected chi connectivity index (χ1v) is 11.8. The van der Waals surface area contributed by atoms with Crippen molar-refractivity contribution < 1.29 is 19.4 Å². The molecule has 8 heteroatoms. The summed E-state index contributed by atoms with van der Waals surface area (Å²) in [6.45, 7) is 8.01. The van der Waals surface area contributed by atoms with Crippen molar-refractivity contribution in [2.75, 3.05) is 52.5 Å². The molecular weight excluding hydrogens is 426 g/mol. The molecule has 2 aromatic rings. The van der Waals surface area contributed by atoms with Gasteiger partial charge >= 0.3 is 0 Å². The first kappa shape index (κ1) is 22.5. The minimum absolute atomic E-state index is 0.120. The molecule has 0 spiro atoms. The summed E-state index contributed by atoms with van der Waals surface area (Å²) in [5.74, 6) is 0.237. The Hall–Kier alpha value is -2.68. The van der Waals surface area contributed by atoms with Crippen LogP contribution in [-0.2, 0) is 9.59 Å². The fourth-order valence-corrected chi connectivity index (χ4v) is 5.07. The van der Waals surface area contributed by atoms with Crippen LogP contribution in [0.4, 0.5) is 0 Å². The highest BCUT2D eigenvalue weighted by atomic mass is 32.1. The molecule has 2 amide bonds. The highest BCUT2D eigenvalue weighted by molar-refractivity contribution is 7.11. The number of amides is 2. The summed E-state index contributed by atoms with van der Waals surface area (Å²) in [6.07, 6.45) is 0. The van der Waals surface area contributed by atoms with E-state index in [2.05, 4.69) is 11.0 Å². The molecule has 170 valence electrons. The Kier molecular flexibility index (Phi) is 6.93. The first-order valence-electron chi connectivity index (χ1n) is 10.9. The molecule has 1 fully saturated rings. The summed E-state index contributed by atoms with van der Waals surface area (Å²) < 4.78 is 5.87. The largest absolute Gasteiger partial charge is 0.492 e. The van der Waals surface area contributed by atoms with E-state index < -0.39 is 0 Å². The van der Waals surface area contributed by atoms with Crippen LogP contribution in [0.5, 0.6) is 5.75 Å². The Labute approximate surface area is 192 Å². The van der Waals surface area contributed by atoms with Crippen molar-refractivity contribution in [1.82, 2.24) is 14.7 Å². The Balaban J connectivity index is 1.49. The number of aliphatic hydroxyl groups excluding tert-OH is 1. The molecule has 1 aromatic heterocycles. The van der Waals surface area contributed by atoms with Crippen LogP contribution in [-0.4, -0.2) is 84.1 Å². The van der Waals surface area contributed by atoms with E-state index in [0.29, 0.717) is 30.9 Å². The third-order valence-electron chi connectivity index (χ3n) is 5.79. The van der Waals surface area contributed by atoms with E-state index in [1.54, 1.807) is 0 Å². The fourth-order valence-electron chi connectivity index (χ4n) is 4.31. The van der Waals surface area contributed by atoms with Gasteiger partial charge in [0.25, 0.3) is 11.8 Å². The number of hydrogen-bond acceptors (Lipinski definition) is 7. The third kappa shape index (κ3) is 4.72. The van der Waals surface area contributed by atoms with Gasteiger partial charge in [0, 0.05) is 37.6 Å². The molecule has 0 saturated carbocycles. The van der Waals surface area contributed by atoms with Crippen LogP contribution in [0.2, 0.25) is 0 Å². The van der Waals surface area contributed by atoms with Crippen molar-refractivity contribution in [3.05, 3.63) is 57.4 Å². The van der Waals surface area contributed by atoms with Gasteiger partial charge in [-0.25, -0.2) is 0 Å². The van der Waals surface area contributed by atoms with Crippen LogP contribution in [0.25, 0.3) is 5.57 Å². The van der Waals surface area contributed by atoms with Crippen LogP contribution < -0.4 is 4.74 Å². The molecule has 0 aliphatic carbocycles. The molecule has 0 unspecified atom stereocenters. The van der Waals surface area contributed by atoms with Crippen molar-refractivity contribution in [3.8, 4) is 5.75 Å². The zero-order valence-corrected chi connectivity index (χ0v) is 19.4. The molecule has 1 N–H and O–H groups in total. The summed E-state index contributed by atoms with van der Waals surface area (Å²) in [5, 5.41) is 11.1. The fraction of sp³-hybridized carbons (Fsp3) is 0.417. The van der Waals surface area contributed by atoms with E-state index >= 15 is 0 Å². The number of rotatable bonds is 8. The van der Waals surface area contributed by atoms with Crippen LogP contribution in [0.1, 0.15) is 16.0 Å². The van der Waals surface area contributed by atoms with Gasteiger partial charge in [-0.3, -0.25) is 19.4 Å². The SMILES string of the molecule is Cc1cc(C)cc(OCCN2C(=O)C(c3cccs3)=C(N3CCN(CCO)CC3)C2=O)c1.